The second-order valence-corrected chi connectivity index (χ2v) is 4.09. The highest BCUT2D eigenvalue weighted by Crippen LogP contribution is 2.32. The molecule has 0 aromatic heterocycles. The summed E-state index contributed by atoms with van der Waals surface area (Å²) in [5.74, 6) is -0.329. The van der Waals surface area contributed by atoms with Gasteiger partial charge in [-0.2, -0.15) is 5.26 Å². The fraction of sp³-hybridized carbons (Fsp3) is 0.417. The van der Waals surface area contributed by atoms with Gasteiger partial charge in [0.25, 0.3) is 0 Å². The number of rotatable bonds is 4. The summed E-state index contributed by atoms with van der Waals surface area (Å²) in [6.45, 7) is 0. The van der Waals surface area contributed by atoms with Crippen molar-refractivity contribution in [2.75, 3.05) is 0 Å². The zero-order valence-corrected chi connectivity index (χ0v) is 9.37. The van der Waals surface area contributed by atoms with Crippen LogP contribution < -0.4 is 10.1 Å². The Hall–Kier alpha value is -1.74. The second-order valence-electron chi connectivity index (χ2n) is 4.09. The lowest BCUT2D eigenvalue weighted by Crippen LogP contribution is -2.24. The van der Waals surface area contributed by atoms with Crippen LogP contribution in [0.25, 0.3) is 0 Å². The largest absolute Gasteiger partial charge is 0.573 e. The number of benzene rings is 1. The van der Waals surface area contributed by atoms with Crippen LogP contribution in [-0.2, 0) is 0 Å². The fourth-order valence-corrected chi connectivity index (χ4v) is 1.62. The molecule has 2 rings (SSSR count). The van der Waals surface area contributed by atoms with Crippen LogP contribution in [0.4, 0.5) is 13.2 Å². The molecule has 1 unspecified atom stereocenters. The Morgan fingerprint density at radius 2 is 2.00 bits per heavy atom. The maximum absolute atomic E-state index is 12.2. The topological polar surface area (TPSA) is 45.0 Å². The minimum absolute atomic E-state index is 0.212. The van der Waals surface area contributed by atoms with Crippen molar-refractivity contribution in [2.24, 2.45) is 0 Å². The molecular weight excluding hydrogens is 245 g/mol. The first kappa shape index (κ1) is 12.7. The summed E-state index contributed by atoms with van der Waals surface area (Å²) in [6, 6.07) is 7.09. The molecule has 0 spiro atoms. The van der Waals surface area contributed by atoms with Gasteiger partial charge in [0, 0.05) is 11.6 Å². The van der Waals surface area contributed by atoms with Crippen LogP contribution in [0.2, 0.25) is 0 Å². The van der Waals surface area contributed by atoms with E-state index >= 15 is 0 Å². The van der Waals surface area contributed by atoms with E-state index in [-0.39, 0.29) is 17.4 Å². The number of nitrogens with zero attached hydrogens (tertiary/aromatic N) is 1. The normalized spacial score (nSPS) is 17.0. The third-order valence-electron chi connectivity index (χ3n) is 2.56. The highest BCUT2D eigenvalue weighted by atomic mass is 19.4. The quantitative estimate of drug-likeness (QED) is 0.900. The summed E-state index contributed by atoms with van der Waals surface area (Å²) >= 11 is 0. The molecule has 1 aliphatic carbocycles. The van der Waals surface area contributed by atoms with Crippen LogP contribution in [0.15, 0.2) is 24.3 Å². The Balaban J connectivity index is 2.22. The van der Waals surface area contributed by atoms with E-state index in [9.17, 15) is 13.2 Å². The standard InChI is InChI=1S/C12H11F3N2O/c13-12(14,15)18-11-4-2-1-3-9(11)10(7-16)17-8-5-6-8/h1-4,8,10,17H,5-6H2. The van der Waals surface area contributed by atoms with Crippen molar-refractivity contribution in [1.82, 2.24) is 5.32 Å². The monoisotopic (exact) mass is 256 g/mol. The number of halogens is 3. The van der Waals surface area contributed by atoms with Crippen molar-refractivity contribution in [3.05, 3.63) is 29.8 Å². The molecule has 0 heterocycles. The lowest BCUT2D eigenvalue weighted by molar-refractivity contribution is -0.274. The summed E-state index contributed by atoms with van der Waals surface area (Å²) in [6.07, 6.45) is -2.86. The SMILES string of the molecule is N#CC(NC1CC1)c1ccccc1OC(F)(F)F. The first-order chi connectivity index (χ1) is 8.49. The molecule has 0 aliphatic heterocycles. The predicted octanol–water partition coefficient (Wildman–Crippen LogP) is 2.90. The molecule has 1 aromatic rings. The van der Waals surface area contributed by atoms with E-state index < -0.39 is 12.4 Å². The average molecular weight is 256 g/mol. The highest BCUT2D eigenvalue weighted by Gasteiger charge is 2.34. The van der Waals surface area contributed by atoms with Crippen LogP contribution in [0.1, 0.15) is 24.4 Å². The number of para-hydroxylation sites is 1. The van der Waals surface area contributed by atoms with E-state index in [4.69, 9.17) is 5.26 Å². The van der Waals surface area contributed by atoms with E-state index in [1.54, 1.807) is 6.07 Å². The number of hydrogen-bond donors (Lipinski definition) is 1. The molecule has 1 fully saturated rings. The van der Waals surface area contributed by atoms with Gasteiger partial charge >= 0.3 is 6.36 Å². The third-order valence-corrected chi connectivity index (χ3v) is 2.56. The summed E-state index contributed by atoms with van der Waals surface area (Å²) in [5.41, 5.74) is 0.212. The third kappa shape index (κ3) is 3.37. The van der Waals surface area contributed by atoms with Crippen LogP contribution >= 0.6 is 0 Å². The lowest BCUT2D eigenvalue weighted by Gasteiger charge is -2.17. The number of alkyl halides is 3. The minimum atomic E-state index is -4.75. The molecule has 0 radical (unpaired) electrons. The van der Waals surface area contributed by atoms with Gasteiger partial charge in [-0.05, 0) is 18.9 Å². The molecule has 6 heteroatoms. The van der Waals surface area contributed by atoms with E-state index in [2.05, 4.69) is 10.1 Å². The van der Waals surface area contributed by atoms with Crippen LogP contribution in [-0.4, -0.2) is 12.4 Å². The number of nitriles is 1. The molecule has 1 N–H and O–H groups in total. The maximum atomic E-state index is 12.2. The molecule has 18 heavy (non-hydrogen) atoms. The Kier molecular flexibility index (Phi) is 3.43. The van der Waals surface area contributed by atoms with Gasteiger partial charge in [0.2, 0.25) is 0 Å². The Labute approximate surface area is 102 Å². The Bertz CT molecular complexity index is 463. The molecular formula is C12H11F3N2O. The van der Waals surface area contributed by atoms with Gasteiger partial charge in [-0.25, -0.2) is 0 Å². The van der Waals surface area contributed by atoms with Gasteiger partial charge < -0.3 is 4.74 Å². The van der Waals surface area contributed by atoms with Gasteiger partial charge in [0.1, 0.15) is 11.8 Å². The average Bonchev–Trinajstić information content (AvgIpc) is 3.09. The van der Waals surface area contributed by atoms with Crippen molar-refractivity contribution in [3.8, 4) is 11.8 Å². The van der Waals surface area contributed by atoms with Gasteiger partial charge in [-0.3, -0.25) is 5.32 Å². The first-order valence-electron chi connectivity index (χ1n) is 5.50. The van der Waals surface area contributed by atoms with Crippen molar-refractivity contribution in [3.63, 3.8) is 0 Å². The van der Waals surface area contributed by atoms with E-state index in [0.717, 1.165) is 12.8 Å². The van der Waals surface area contributed by atoms with Gasteiger partial charge in [-0.15, -0.1) is 13.2 Å². The van der Waals surface area contributed by atoms with E-state index in [0.29, 0.717) is 0 Å². The molecule has 3 nitrogen and oxygen atoms in total. The minimum Gasteiger partial charge on any atom is -0.405 e. The summed E-state index contributed by atoms with van der Waals surface area (Å²) in [4.78, 5) is 0. The maximum Gasteiger partial charge on any atom is 0.573 e. The van der Waals surface area contributed by atoms with Gasteiger partial charge in [0.15, 0.2) is 0 Å². The zero-order valence-electron chi connectivity index (χ0n) is 9.37. The summed E-state index contributed by atoms with van der Waals surface area (Å²) in [7, 11) is 0. The summed E-state index contributed by atoms with van der Waals surface area (Å²) in [5, 5.41) is 12.0. The number of ether oxygens (including phenoxy) is 1. The molecule has 1 aromatic carbocycles. The smallest absolute Gasteiger partial charge is 0.405 e. The number of nitrogens with one attached hydrogen (secondary N) is 1. The van der Waals surface area contributed by atoms with Crippen LogP contribution in [0.3, 0.4) is 0 Å². The molecule has 0 bridgehead atoms. The Morgan fingerprint density at radius 3 is 2.56 bits per heavy atom. The highest BCUT2D eigenvalue weighted by molar-refractivity contribution is 5.39. The second kappa shape index (κ2) is 4.86. The van der Waals surface area contributed by atoms with Crippen molar-refractivity contribution in [2.45, 2.75) is 31.3 Å². The van der Waals surface area contributed by atoms with Crippen molar-refractivity contribution in [1.29, 1.82) is 5.26 Å². The first-order valence-corrected chi connectivity index (χ1v) is 5.50. The molecule has 0 saturated heterocycles. The molecule has 0 amide bonds. The van der Waals surface area contributed by atoms with Crippen molar-refractivity contribution >= 4 is 0 Å². The zero-order chi connectivity index (χ0) is 13.2. The van der Waals surface area contributed by atoms with E-state index in [1.807, 2.05) is 6.07 Å². The van der Waals surface area contributed by atoms with Crippen LogP contribution in [0, 0.1) is 11.3 Å². The van der Waals surface area contributed by atoms with Crippen LogP contribution in [0.5, 0.6) is 5.75 Å². The lowest BCUT2D eigenvalue weighted by atomic mass is 10.1. The number of hydrogen-bond acceptors (Lipinski definition) is 3. The predicted molar refractivity (Wildman–Crippen MR) is 57.6 cm³/mol. The van der Waals surface area contributed by atoms with E-state index in [1.165, 1.54) is 18.2 Å². The summed E-state index contributed by atoms with van der Waals surface area (Å²) < 4.78 is 40.6. The fourth-order valence-electron chi connectivity index (χ4n) is 1.62. The molecule has 96 valence electrons. The Morgan fingerprint density at radius 1 is 1.33 bits per heavy atom. The molecule has 1 aliphatic rings. The molecule has 1 atom stereocenters. The molecule has 1 saturated carbocycles. The van der Waals surface area contributed by atoms with Crippen molar-refractivity contribution < 1.29 is 17.9 Å². The van der Waals surface area contributed by atoms with Gasteiger partial charge in [-0.1, -0.05) is 18.2 Å². The van der Waals surface area contributed by atoms with Gasteiger partial charge in [0.05, 0.1) is 6.07 Å².